The van der Waals surface area contributed by atoms with E-state index in [4.69, 9.17) is 16.3 Å². The topological polar surface area (TPSA) is 104 Å². The van der Waals surface area contributed by atoms with Crippen LogP contribution in [0, 0.1) is 34.9 Å². The molecule has 2 aromatic carbocycles. The van der Waals surface area contributed by atoms with Crippen molar-refractivity contribution in [2.75, 3.05) is 12.0 Å². The Kier molecular flexibility index (Phi) is 6.71. The zero-order chi connectivity index (χ0) is 31.1. The normalized spacial score (nSPS) is 29.5. The maximum absolute atomic E-state index is 14.5. The molecule has 11 heteroatoms. The van der Waals surface area contributed by atoms with Gasteiger partial charge in [0.05, 0.1) is 47.5 Å². The number of para-hydroxylation sites is 1. The van der Waals surface area contributed by atoms with Crippen LogP contribution in [-0.2, 0) is 25.7 Å². The van der Waals surface area contributed by atoms with Crippen molar-refractivity contribution in [2.45, 2.75) is 32.2 Å². The molecule has 6 unspecified atom stereocenters. The number of anilines is 1. The lowest BCUT2D eigenvalue weighted by molar-refractivity contribution is -0.141. The molecule has 4 amide bonds. The van der Waals surface area contributed by atoms with Gasteiger partial charge in [-0.25, -0.2) is 9.29 Å². The monoisotopic (exact) mass is 634 g/mol. The van der Waals surface area contributed by atoms with Crippen LogP contribution in [0.25, 0.3) is 0 Å². The van der Waals surface area contributed by atoms with E-state index in [2.05, 4.69) is 0 Å². The summed E-state index contributed by atoms with van der Waals surface area (Å²) in [5.41, 5.74) is -0.106. The number of carbonyl (C=O) groups excluding carboxylic acids is 4. The molecular weight excluding hydrogens is 607 g/mol. The summed E-state index contributed by atoms with van der Waals surface area (Å²) in [7, 11) is 1.42. The molecule has 0 spiro atoms. The number of thiophene rings is 1. The van der Waals surface area contributed by atoms with E-state index in [0.717, 1.165) is 21.4 Å². The Labute approximate surface area is 261 Å². The molecule has 2 aliphatic carbocycles. The van der Waals surface area contributed by atoms with Gasteiger partial charge >= 0.3 is 0 Å². The number of ether oxygens (including phenoxy) is 1. The minimum atomic E-state index is -1.38. The number of hydrogen-bond acceptors (Lipinski definition) is 7. The lowest BCUT2D eigenvalue weighted by Crippen LogP contribution is -2.48. The average molecular weight is 635 g/mol. The Morgan fingerprint density at radius 3 is 2.57 bits per heavy atom. The SMILES string of the molecule is COc1cccc(C2C3=CCC4C(=O)N(Cc5cccs5)C(=O)C4C3CC3C(=O)N(c4ccc(F)c(Cl)c4)C(=O)C32C)c1O. The summed E-state index contributed by atoms with van der Waals surface area (Å²) >= 11 is 7.52. The van der Waals surface area contributed by atoms with Gasteiger partial charge in [0, 0.05) is 16.4 Å². The zero-order valence-electron chi connectivity index (χ0n) is 23.8. The van der Waals surface area contributed by atoms with Crippen LogP contribution in [-0.4, -0.2) is 40.7 Å². The number of hydrogen-bond donors (Lipinski definition) is 1. The number of halogens is 2. The highest BCUT2D eigenvalue weighted by molar-refractivity contribution is 7.09. The molecule has 0 radical (unpaired) electrons. The number of fused-ring (bicyclic) bond motifs is 4. The van der Waals surface area contributed by atoms with Gasteiger partial charge in [-0.05, 0) is 61.4 Å². The largest absolute Gasteiger partial charge is 0.504 e. The number of rotatable bonds is 5. The smallest absolute Gasteiger partial charge is 0.241 e. The molecule has 3 fully saturated rings. The molecule has 2 aliphatic heterocycles. The van der Waals surface area contributed by atoms with Crippen molar-refractivity contribution in [3.05, 3.63) is 86.8 Å². The molecule has 1 saturated carbocycles. The Morgan fingerprint density at radius 1 is 1.07 bits per heavy atom. The summed E-state index contributed by atoms with van der Waals surface area (Å²) in [4.78, 5) is 59.6. The molecule has 0 bridgehead atoms. The van der Waals surface area contributed by atoms with E-state index in [1.54, 1.807) is 25.1 Å². The average Bonchev–Trinajstić information content (AvgIpc) is 3.66. The van der Waals surface area contributed by atoms with E-state index in [0.29, 0.717) is 12.0 Å². The first-order valence-corrected chi connectivity index (χ1v) is 15.6. The first kappa shape index (κ1) is 28.7. The van der Waals surface area contributed by atoms with Crippen molar-refractivity contribution in [2.24, 2.45) is 29.1 Å². The maximum atomic E-state index is 14.5. The van der Waals surface area contributed by atoms with Crippen molar-refractivity contribution >= 4 is 52.3 Å². The Bertz CT molecular complexity index is 1780. The number of phenols is 1. The molecular formula is C33H28ClFN2O6S. The van der Waals surface area contributed by atoms with Gasteiger partial charge in [-0.1, -0.05) is 41.4 Å². The van der Waals surface area contributed by atoms with Gasteiger partial charge in [0.2, 0.25) is 23.6 Å². The van der Waals surface area contributed by atoms with E-state index < -0.39 is 52.6 Å². The van der Waals surface area contributed by atoms with E-state index in [9.17, 15) is 28.7 Å². The summed E-state index contributed by atoms with van der Waals surface area (Å²) in [6.07, 6.45) is 2.38. The number of methoxy groups -OCH3 is 1. The minimum Gasteiger partial charge on any atom is -0.504 e. The van der Waals surface area contributed by atoms with Gasteiger partial charge in [0.15, 0.2) is 11.5 Å². The van der Waals surface area contributed by atoms with Crippen LogP contribution in [0.5, 0.6) is 11.5 Å². The maximum Gasteiger partial charge on any atom is 0.241 e. The van der Waals surface area contributed by atoms with Crippen LogP contribution < -0.4 is 9.64 Å². The van der Waals surface area contributed by atoms with Crippen LogP contribution in [0.3, 0.4) is 0 Å². The van der Waals surface area contributed by atoms with Crippen LogP contribution in [0.2, 0.25) is 5.02 Å². The molecule has 2 saturated heterocycles. The van der Waals surface area contributed by atoms with Crippen molar-refractivity contribution in [1.29, 1.82) is 0 Å². The molecule has 7 rings (SSSR count). The van der Waals surface area contributed by atoms with Crippen molar-refractivity contribution in [3.8, 4) is 11.5 Å². The van der Waals surface area contributed by atoms with Crippen LogP contribution >= 0.6 is 22.9 Å². The van der Waals surface area contributed by atoms with E-state index in [1.807, 2.05) is 23.6 Å². The third-order valence-corrected chi connectivity index (χ3v) is 11.1. The molecule has 6 atom stereocenters. The molecule has 226 valence electrons. The number of likely N-dealkylation sites (tertiary alicyclic amines) is 1. The Hall–Kier alpha value is -4.02. The number of imide groups is 2. The Morgan fingerprint density at radius 2 is 1.86 bits per heavy atom. The molecule has 1 aromatic heterocycles. The van der Waals surface area contributed by atoms with Gasteiger partial charge in [-0.15, -0.1) is 11.3 Å². The number of allylic oxidation sites excluding steroid dienone is 2. The summed E-state index contributed by atoms with van der Waals surface area (Å²) in [6.45, 7) is 1.89. The summed E-state index contributed by atoms with van der Waals surface area (Å²) < 4.78 is 19.5. The van der Waals surface area contributed by atoms with E-state index in [1.165, 1.54) is 35.5 Å². The van der Waals surface area contributed by atoms with Gasteiger partial charge in [0.1, 0.15) is 5.82 Å². The first-order valence-electron chi connectivity index (χ1n) is 14.3. The predicted molar refractivity (Wildman–Crippen MR) is 161 cm³/mol. The van der Waals surface area contributed by atoms with Crippen LogP contribution in [0.4, 0.5) is 10.1 Å². The fourth-order valence-corrected chi connectivity index (χ4v) is 8.81. The summed E-state index contributed by atoms with van der Waals surface area (Å²) in [5.74, 6) is -5.73. The highest BCUT2D eigenvalue weighted by atomic mass is 35.5. The minimum absolute atomic E-state index is 0.139. The van der Waals surface area contributed by atoms with Gasteiger partial charge < -0.3 is 9.84 Å². The van der Waals surface area contributed by atoms with Gasteiger partial charge in [0.25, 0.3) is 0 Å². The summed E-state index contributed by atoms with van der Waals surface area (Å²) in [6, 6.07) is 12.4. The first-order chi connectivity index (χ1) is 21.1. The number of benzene rings is 2. The highest BCUT2D eigenvalue weighted by Crippen LogP contribution is 2.64. The van der Waals surface area contributed by atoms with Crippen molar-refractivity contribution < 1.29 is 33.4 Å². The van der Waals surface area contributed by atoms with E-state index in [-0.39, 0.29) is 47.0 Å². The van der Waals surface area contributed by atoms with Crippen molar-refractivity contribution in [1.82, 2.24) is 4.90 Å². The van der Waals surface area contributed by atoms with Gasteiger partial charge in [-0.2, -0.15) is 0 Å². The molecule has 8 nitrogen and oxygen atoms in total. The number of aromatic hydroxyl groups is 1. The number of amides is 4. The third kappa shape index (κ3) is 3.93. The van der Waals surface area contributed by atoms with Crippen LogP contribution in [0.1, 0.15) is 36.1 Å². The molecule has 44 heavy (non-hydrogen) atoms. The second-order valence-electron chi connectivity index (χ2n) is 12.0. The van der Waals surface area contributed by atoms with Gasteiger partial charge in [-0.3, -0.25) is 24.1 Å². The van der Waals surface area contributed by atoms with Crippen LogP contribution in [0.15, 0.2) is 65.6 Å². The molecule has 3 aromatic rings. The third-order valence-electron chi connectivity index (χ3n) is 9.98. The predicted octanol–water partition coefficient (Wildman–Crippen LogP) is 5.69. The zero-order valence-corrected chi connectivity index (χ0v) is 25.4. The number of carbonyl (C=O) groups is 4. The fraction of sp³-hybridized carbons (Fsp3) is 0.333. The lowest BCUT2D eigenvalue weighted by Gasteiger charge is -2.49. The van der Waals surface area contributed by atoms with E-state index >= 15 is 0 Å². The Balaban J connectivity index is 1.37. The quantitative estimate of drug-likeness (QED) is 0.286. The molecule has 4 aliphatic rings. The fourth-order valence-electron chi connectivity index (χ4n) is 7.95. The highest BCUT2D eigenvalue weighted by Gasteiger charge is 2.68. The molecule has 3 heterocycles. The second-order valence-corrected chi connectivity index (χ2v) is 13.4. The summed E-state index contributed by atoms with van der Waals surface area (Å²) in [5, 5.41) is 13.0. The van der Waals surface area contributed by atoms with Crippen molar-refractivity contribution in [3.63, 3.8) is 0 Å². The lowest BCUT2D eigenvalue weighted by atomic mass is 9.51. The molecule has 1 N–H and O–H groups in total. The standard InChI is InChI=1S/C33H28ClFN2O6S/c1-33-22(30(40)37(32(33)42)16-8-11-24(35)23(34)13-16)14-21-18(27(33)20-6-3-7-25(43-2)28(20)38)9-10-19-26(21)31(41)36(29(19)39)15-17-5-4-12-44-17/h3-9,11-13,19,21-22,26-27,38H,10,14-15H2,1-2H3. The number of nitrogens with zero attached hydrogens (tertiary/aromatic N) is 2. The second kappa shape index (κ2) is 10.3. The number of phenolic OH excluding ortho intramolecular Hbond substituents is 1.